The van der Waals surface area contributed by atoms with Gasteiger partial charge in [0.05, 0.1) is 17.9 Å². The van der Waals surface area contributed by atoms with Gasteiger partial charge < -0.3 is 15.5 Å². The summed E-state index contributed by atoms with van der Waals surface area (Å²) in [5.74, 6) is 3.30. The molecular formula is C35H53N3. The molecule has 38 heavy (non-hydrogen) atoms. The Morgan fingerprint density at radius 1 is 1.03 bits per heavy atom. The number of allylic oxidation sites excluding steroid dienone is 1. The molecular weight excluding hydrogens is 462 g/mol. The number of likely N-dealkylation sites (tertiary alicyclic amines) is 1. The van der Waals surface area contributed by atoms with Crippen LogP contribution in [0.25, 0.3) is 0 Å². The molecule has 5 atom stereocenters. The van der Waals surface area contributed by atoms with Gasteiger partial charge in [-0.3, -0.25) is 0 Å². The third-order valence-corrected chi connectivity index (χ3v) is 9.90. The zero-order valence-corrected chi connectivity index (χ0v) is 25.1. The van der Waals surface area contributed by atoms with Crippen molar-refractivity contribution in [2.24, 2.45) is 29.1 Å². The monoisotopic (exact) mass is 515 g/mol. The topological polar surface area (TPSA) is 27.3 Å². The van der Waals surface area contributed by atoms with Gasteiger partial charge in [-0.15, -0.1) is 0 Å². The molecule has 1 aromatic carbocycles. The lowest BCUT2D eigenvalue weighted by Crippen LogP contribution is -2.49. The molecule has 0 aromatic heterocycles. The average molecular weight is 516 g/mol. The van der Waals surface area contributed by atoms with Gasteiger partial charge in [-0.25, -0.2) is 0 Å². The molecule has 208 valence electrons. The fraction of sp³-hybridized carbons (Fsp3) is 0.600. The first-order valence-corrected chi connectivity index (χ1v) is 15.0. The van der Waals surface area contributed by atoms with E-state index in [4.69, 9.17) is 6.58 Å². The van der Waals surface area contributed by atoms with E-state index in [9.17, 15) is 0 Å². The normalized spacial score (nSPS) is 24.9. The summed E-state index contributed by atoms with van der Waals surface area (Å²) in [6.45, 7) is 32.9. The van der Waals surface area contributed by atoms with Crippen molar-refractivity contribution < 1.29 is 0 Å². The lowest BCUT2D eigenvalue weighted by atomic mass is 9.90. The van der Waals surface area contributed by atoms with Crippen molar-refractivity contribution in [3.63, 3.8) is 0 Å². The highest BCUT2D eigenvalue weighted by Crippen LogP contribution is 2.66. The van der Waals surface area contributed by atoms with E-state index in [0.29, 0.717) is 35.3 Å². The van der Waals surface area contributed by atoms with Crippen LogP contribution in [0.1, 0.15) is 78.4 Å². The van der Waals surface area contributed by atoms with Crippen LogP contribution in [0.3, 0.4) is 0 Å². The fourth-order valence-electron chi connectivity index (χ4n) is 7.49. The van der Waals surface area contributed by atoms with Crippen LogP contribution in [0.4, 0.5) is 0 Å². The first kappa shape index (κ1) is 28.6. The summed E-state index contributed by atoms with van der Waals surface area (Å²) in [6.07, 6.45) is 6.59. The van der Waals surface area contributed by atoms with E-state index in [0.717, 1.165) is 50.4 Å². The number of nitrogens with zero attached hydrogens (tertiary/aromatic N) is 1. The number of piperidine rings is 1. The Morgan fingerprint density at radius 3 is 2.21 bits per heavy atom. The lowest BCUT2D eigenvalue weighted by molar-refractivity contribution is 0.222. The third-order valence-electron chi connectivity index (χ3n) is 9.90. The van der Waals surface area contributed by atoms with E-state index in [2.05, 4.69) is 101 Å². The summed E-state index contributed by atoms with van der Waals surface area (Å²) in [6, 6.07) is 9.81. The summed E-state index contributed by atoms with van der Waals surface area (Å²) in [7, 11) is 0. The number of fused-ring (bicyclic) bond motifs is 2. The van der Waals surface area contributed by atoms with E-state index in [1.54, 1.807) is 0 Å². The summed E-state index contributed by atoms with van der Waals surface area (Å²) in [4.78, 5) is 2.59. The quantitative estimate of drug-likeness (QED) is 0.249. The summed E-state index contributed by atoms with van der Waals surface area (Å²) in [5.41, 5.74) is 7.19. The van der Waals surface area contributed by atoms with E-state index in [1.807, 2.05) is 0 Å². The minimum absolute atomic E-state index is 0.132. The smallest absolute Gasteiger partial charge is 0.0920 e. The Balaban J connectivity index is 1.50. The lowest BCUT2D eigenvalue weighted by Gasteiger charge is -2.40. The second kappa shape index (κ2) is 11.4. The highest BCUT2D eigenvalue weighted by molar-refractivity contribution is 5.35. The molecule has 1 saturated carbocycles. The predicted octanol–water partition coefficient (Wildman–Crippen LogP) is 7.63. The number of nitrogens with one attached hydrogen (secondary N) is 2. The first-order valence-electron chi connectivity index (χ1n) is 15.0. The number of hydrogen-bond donors (Lipinski definition) is 2. The van der Waals surface area contributed by atoms with Crippen LogP contribution in [-0.4, -0.2) is 29.6 Å². The summed E-state index contributed by atoms with van der Waals surface area (Å²) in [5, 5.41) is 7.65. The van der Waals surface area contributed by atoms with Gasteiger partial charge >= 0.3 is 0 Å². The maximum atomic E-state index is 4.77. The van der Waals surface area contributed by atoms with Gasteiger partial charge in [-0.2, -0.15) is 0 Å². The van der Waals surface area contributed by atoms with Crippen molar-refractivity contribution in [1.29, 1.82) is 0 Å². The minimum Gasteiger partial charge on any atom is -0.369 e. The standard InChI is InChI=1S/C35H53N3/c1-11-14-24(6)17-18-31(22(2)3)36-26(8)37-33(29-19-27-15-12-13-16-28(27)20-29)25(7)38-21-30-32(35(30,9)10)34(38)23(4)5/h12-13,15-16,22,29-34,36-37H,4,6-8,11,14,17-21H2,1-3,5,9-10H3/t30-,31?,32-,33?,34?/m0/s1. The van der Waals surface area contributed by atoms with Crippen molar-refractivity contribution in [2.45, 2.75) is 98.2 Å². The Bertz CT molecular complexity index is 1040. The molecule has 2 N–H and O–H groups in total. The molecule has 4 rings (SSSR count). The van der Waals surface area contributed by atoms with Gasteiger partial charge in [0.1, 0.15) is 0 Å². The van der Waals surface area contributed by atoms with E-state index < -0.39 is 0 Å². The van der Waals surface area contributed by atoms with Gasteiger partial charge in [0.15, 0.2) is 0 Å². The molecule has 0 radical (unpaired) electrons. The second-order valence-electron chi connectivity index (χ2n) is 13.5. The average Bonchev–Trinajstić information content (AvgIpc) is 3.23. The van der Waals surface area contributed by atoms with Crippen LogP contribution < -0.4 is 10.6 Å². The third kappa shape index (κ3) is 5.77. The molecule has 1 heterocycles. The molecule has 1 aromatic rings. The van der Waals surface area contributed by atoms with Crippen LogP contribution in [0.2, 0.25) is 0 Å². The molecule has 3 heteroatoms. The molecule has 0 bridgehead atoms. The largest absolute Gasteiger partial charge is 0.369 e. The number of benzene rings is 1. The first-order chi connectivity index (χ1) is 17.9. The molecule has 1 saturated heterocycles. The zero-order valence-electron chi connectivity index (χ0n) is 25.1. The predicted molar refractivity (Wildman–Crippen MR) is 164 cm³/mol. The van der Waals surface area contributed by atoms with Gasteiger partial charge in [-0.05, 0) is 79.2 Å². The number of hydrogen-bond acceptors (Lipinski definition) is 3. The van der Waals surface area contributed by atoms with Crippen LogP contribution in [-0.2, 0) is 12.8 Å². The summed E-state index contributed by atoms with van der Waals surface area (Å²) >= 11 is 0. The van der Waals surface area contributed by atoms with E-state index in [1.165, 1.54) is 34.4 Å². The Kier molecular flexibility index (Phi) is 8.55. The number of rotatable bonds is 14. The maximum Gasteiger partial charge on any atom is 0.0920 e. The van der Waals surface area contributed by atoms with Crippen LogP contribution >= 0.6 is 0 Å². The van der Waals surface area contributed by atoms with Gasteiger partial charge in [-0.1, -0.05) is 103 Å². The Morgan fingerprint density at radius 2 is 1.66 bits per heavy atom. The summed E-state index contributed by atoms with van der Waals surface area (Å²) < 4.78 is 0. The molecule has 0 spiro atoms. The van der Waals surface area contributed by atoms with Crippen molar-refractivity contribution in [1.82, 2.24) is 15.5 Å². The van der Waals surface area contributed by atoms with Crippen LogP contribution in [0, 0.1) is 29.1 Å². The fourth-order valence-corrected chi connectivity index (χ4v) is 7.49. The van der Waals surface area contributed by atoms with Crippen molar-refractivity contribution in [3.8, 4) is 0 Å². The van der Waals surface area contributed by atoms with Crippen molar-refractivity contribution in [3.05, 3.63) is 84.4 Å². The molecule has 2 aliphatic carbocycles. The molecule has 0 amide bonds. The van der Waals surface area contributed by atoms with E-state index in [-0.39, 0.29) is 6.04 Å². The van der Waals surface area contributed by atoms with Gasteiger partial charge in [0.25, 0.3) is 0 Å². The molecule has 3 unspecified atom stereocenters. The maximum absolute atomic E-state index is 4.77. The van der Waals surface area contributed by atoms with E-state index >= 15 is 0 Å². The van der Waals surface area contributed by atoms with Crippen molar-refractivity contribution in [2.75, 3.05) is 6.54 Å². The van der Waals surface area contributed by atoms with Crippen LogP contribution in [0.5, 0.6) is 0 Å². The highest BCUT2D eigenvalue weighted by Gasteiger charge is 2.67. The molecule has 3 aliphatic rings. The second-order valence-corrected chi connectivity index (χ2v) is 13.5. The van der Waals surface area contributed by atoms with Crippen molar-refractivity contribution >= 4 is 0 Å². The zero-order chi connectivity index (χ0) is 27.8. The van der Waals surface area contributed by atoms with Crippen LogP contribution in [0.15, 0.2) is 73.2 Å². The van der Waals surface area contributed by atoms with Gasteiger partial charge in [0.2, 0.25) is 0 Å². The Hall–Kier alpha value is -2.42. The molecule has 1 aliphatic heterocycles. The minimum atomic E-state index is 0.132. The molecule has 2 fully saturated rings. The molecule has 3 nitrogen and oxygen atoms in total. The Labute approximate surface area is 233 Å². The SMILES string of the molecule is C=C(CCC)CCC(NC(=C)NC(C(=C)N1C[C@H]2[C@@H](C1C(=C)C)C2(C)C)C1Cc2ccccc2C1)C(C)C. The highest BCUT2D eigenvalue weighted by atomic mass is 15.3. The van der Waals surface area contributed by atoms with Gasteiger partial charge in [0, 0.05) is 18.3 Å².